The third-order valence-corrected chi connectivity index (χ3v) is 4.92. The molecule has 0 bridgehead atoms. The van der Waals surface area contributed by atoms with E-state index >= 15 is 0 Å². The van der Waals surface area contributed by atoms with E-state index in [0.29, 0.717) is 30.4 Å². The van der Waals surface area contributed by atoms with Crippen LogP contribution in [0.15, 0.2) is 48.5 Å². The van der Waals surface area contributed by atoms with Crippen LogP contribution in [0.1, 0.15) is 13.8 Å². The SMILES string of the molecule is CCOc1ccc(NC(=O)NC(=O)CN2CCN(c3ccccc3)CC2)cc1OCC. The predicted octanol–water partition coefficient (Wildman–Crippen LogP) is 2.95. The van der Waals surface area contributed by atoms with Crippen LogP contribution in [0.3, 0.4) is 0 Å². The Morgan fingerprint density at radius 3 is 2.26 bits per heavy atom. The molecule has 8 nitrogen and oxygen atoms in total. The molecule has 8 heteroatoms. The van der Waals surface area contributed by atoms with Crippen LogP contribution < -0.4 is 25.0 Å². The third kappa shape index (κ3) is 6.62. The average molecular weight is 427 g/mol. The van der Waals surface area contributed by atoms with Crippen LogP contribution in [0.4, 0.5) is 16.2 Å². The standard InChI is InChI=1S/C23H30N4O4/c1-3-30-20-11-10-18(16-21(20)31-4-2)24-23(29)25-22(28)17-26-12-14-27(15-13-26)19-8-6-5-7-9-19/h5-11,16H,3-4,12-15,17H2,1-2H3,(H2,24,25,28,29). The van der Waals surface area contributed by atoms with E-state index in [2.05, 4.69) is 27.7 Å². The number of nitrogens with zero attached hydrogens (tertiary/aromatic N) is 2. The molecule has 1 aliphatic heterocycles. The first-order chi connectivity index (χ1) is 15.1. The van der Waals surface area contributed by atoms with Crippen LogP contribution in [0.25, 0.3) is 0 Å². The summed E-state index contributed by atoms with van der Waals surface area (Å²) in [4.78, 5) is 28.9. The molecule has 0 aromatic heterocycles. The van der Waals surface area contributed by atoms with Gasteiger partial charge in [0.05, 0.1) is 19.8 Å². The summed E-state index contributed by atoms with van der Waals surface area (Å²) in [6.45, 7) is 8.16. The first-order valence-corrected chi connectivity index (χ1v) is 10.6. The van der Waals surface area contributed by atoms with Gasteiger partial charge >= 0.3 is 6.03 Å². The zero-order chi connectivity index (χ0) is 22.1. The lowest BCUT2D eigenvalue weighted by atomic mass is 10.2. The smallest absolute Gasteiger partial charge is 0.325 e. The van der Waals surface area contributed by atoms with Gasteiger partial charge in [-0.15, -0.1) is 0 Å². The molecule has 1 aliphatic rings. The number of para-hydroxylation sites is 1. The molecule has 0 aliphatic carbocycles. The van der Waals surface area contributed by atoms with Crippen LogP contribution in [0.2, 0.25) is 0 Å². The number of carbonyl (C=O) groups excluding carboxylic acids is 2. The minimum atomic E-state index is -0.570. The van der Waals surface area contributed by atoms with Crippen molar-refractivity contribution in [3.63, 3.8) is 0 Å². The molecule has 0 saturated carbocycles. The molecule has 1 heterocycles. The van der Waals surface area contributed by atoms with E-state index in [1.807, 2.05) is 36.9 Å². The highest BCUT2D eigenvalue weighted by Gasteiger charge is 2.20. The van der Waals surface area contributed by atoms with Gasteiger partial charge in [-0.1, -0.05) is 18.2 Å². The zero-order valence-corrected chi connectivity index (χ0v) is 18.1. The Kier molecular flexibility index (Phi) is 8.12. The number of hydrogen-bond donors (Lipinski definition) is 2. The van der Waals surface area contributed by atoms with Gasteiger partial charge < -0.3 is 19.7 Å². The number of hydrogen-bond acceptors (Lipinski definition) is 6. The third-order valence-electron chi connectivity index (χ3n) is 4.92. The largest absolute Gasteiger partial charge is 0.490 e. The minimum absolute atomic E-state index is 0.184. The highest BCUT2D eigenvalue weighted by Crippen LogP contribution is 2.30. The Bertz CT molecular complexity index is 867. The summed E-state index contributed by atoms with van der Waals surface area (Å²) in [7, 11) is 0. The molecule has 2 aromatic rings. The molecule has 31 heavy (non-hydrogen) atoms. The highest BCUT2D eigenvalue weighted by atomic mass is 16.5. The first-order valence-electron chi connectivity index (χ1n) is 10.6. The number of carbonyl (C=O) groups is 2. The van der Waals surface area contributed by atoms with Crippen molar-refractivity contribution in [2.45, 2.75) is 13.8 Å². The maximum Gasteiger partial charge on any atom is 0.325 e. The topological polar surface area (TPSA) is 83.1 Å². The number of benzene rings is 2. The molecule has 0 atom stereocenters. The van der Waals surface area contributed by atoms with Gasteiger partial charge in [0, 0.05) is 43.6 Å². The van der Waals surface area contributed by atoms with Gasteiger partial charge in [-0.2, -0.15) is 0 Å². The molecule has 2 N–H and O–H groups in total. The normalized spacial score (nSPS) is 14.1. The average Bonchev–Trinajstić information content (AvgIpc) is 2.77. The molecule has 3 amide bonds. The number of nitrogens with one attached hydrogen (secondary N) is 2. The molecule has 0 unspecified atom stereocenters. The van der Waals surface area contributed by atoms with Crippen molar-refractivity contribution in [2.24, 2.45) is 0 Å². The van der Waals surface area contributed by atoms with E-state index in [-0.39, 0.29) is 12.5 Å². The molecular formula is C23H30N4O4. The van der Waals surface area contributed by atoms with Gasteiger partial charge in [-0.25, -0.2) is 4.79 Å². The second kappa shape index (κ2) is 11.2. The molecule has 2 aromatic carbocycles. The number of ether oxygens (including phenoxy) is 2. The molecule has 1 saturated heterocycles. The maximum atomic E-state index is 12.3. The quantitative estimate of drug-likeness (QED) is 0.675. The van der Waals surface area contributed by atoms with E-state index in [9.17, 15) is 9.59 Å². The van der Waals surface area contributed by atoms with Gasteiger partial charge in [-0.3, -0.25) is 15.0 Å². The Balaban J connectivity index is 1.45. The van der Waals surface area contributed by atoms with E-state index < -0.39 is 6.03 Å². The minimum Gasteiger partial charge on any atom is -0.490 e. The Labute approximate surface area is 183 Å². The van der Waals surface area contributed by atoms with E-state index in [0.717, 1.165) is 26.2 Å². The molecule has 3 rings (SSSR count). The van der Waals surface area contributed by atoms with Crippen LogP contribution in [0, 0.1) is 0 Å². The van der Waals surface area contributed by atoms with Crippen LogP contribution >= 0.6 is 0 Å². The van der Waals surface area contributed by atoms with Crippen molar-refractivity contribution in [3.05, 3.63) is 48.5 Å². The van der Waals surface area contributed by atoms with E-state index in [1.54, 1.807) is 18.2 Å². The molecular weight excluding hydrogens is 396 g/mol. The van der Waals surface area contributed by atoms with Gasteiger partial charge in [0.15, 0.2) is 11.5 Å². The lowest BCUT2D eigenvalue weighted by Crippen LogP contribution is -2.50. The van der Waals surface area contributed by atoms with E-state index in [1.165, 1.54) is 5.69 Å². The number of piperazine rings is 1. The van der Waals surface area contributed by atoms with Gasteiger partial charge in [0.2, 0.25) is 5.91 Å². The fraction of sp³-hybridized carbons (Fsp3) is 0.391. The van der Waals surface area contributed by atoms with Crippen molar-refractivity contribution >= 4 is 23.3 Å². The lowest BCUT2D eigenvalue weighted by Gasteiger charge is -2.35. The van der Waals surface area contributed by atoms with Crippen molar-refractivity contribution in [2.75, 3.05) is 56.2 Å². The molecule has 0 radical (unpaired) electrons. The Morgan fingerprint density at radius 2 is 1.58 bits per heavy atom. The van der Waals surface area contributed by atoms with Crippen molar-refractivity contribution in [3.8, 4) is 11.5 Å². The van der Waals surface area contributed by atoms with Crippen LogP contribution in [0.5, 0.6) is 11.5 Å². The van der Waals surface area contributed by atoms with Crippen molar-refractivity contribution in [1.29, 1.82) is 0 Å². The summed E-state index contributed by atoms with van der Waals surface area (Å²) in [5, 5.41) is 5.07. The number of anilines is 2. The summed E-state index contributed by atoms with van der Waals surface area (Å²) < 4.78 is 11.1. The second-order valence-corrected chi connectivity index (χ2v) is 7.13. The predicted molar refractivity (Wildman–Crippen MR) is 121 cm³/mol. The van der Waals surface area contributed by atoms with Gasteiger partial charge in [0.25, 0.3) is 0 Å². The Morgan fingerprint density at radius 1 is 0.903 bits per heavy atom. The molecule has 1 fully saturated rings. The van der Waals surface area contributed by atoms with Crippen molar-refractivity contribution in [1.82, 2.24) is 10.2 Å². The zero-order valence-electron chi connectivity index (χ0n) is 18.1. The summed E-state index contributed by atoms with van der Waals surface area (Å²) >= 11 is 0. The Hall–Kier alpha value is -3.26. The molecule has 166 valence electrons. The first kappa shape index (κ1) is 22.4. The number of amides is 3. The van der Waals surface area contributed by atoms with E-state index in [4.69, 9.17) is 9.47 Å². The lowest BCUT2D eigenvalue weighted by molar-refractivity contribution is -0.121. The highest BCUT2D eigenvalue weighted by molar-refractivity contribution is 6.01. The maximum absolute atomic E-state index is 12.3. The van der Waals surface area contributed by atoms with Crippen LogP contribution in [-0.2, 0) is 4.79 Å². The summed E-state index contributed by atoms with van der Waals surface area (Å²) in [6, 6.07) is 14.8. The van der Waals surface area contributed by atoms with Crippen LogP contribution in [-0.4, -0.2) is 62.8 Å². The summed E-state index contributed by atoms with van der Waals surface area (Å²) in [6.07, 6.45) is 0. The number of imide groups is 1. The summed E-state index contributed by atoms with van der Waals surface area (Å²) in [5.74, 6) is 0.826. The summed E-state index contributed by atoms with van der Waals surface area (Å²) in [5.41, 5.74) is 1.71. The number of rotatable bonds is 8. The fourth-order valence-electron chi connectivity index (χ4n) is 3.46. The second-order valence-electron chi connectivity index (χ2n) is 7.13. The molecule has 0 spiro atoms. The van der Waals surface area contributed by atoms with Gasteiger partial charge in [-0.05, 0) is 38.1 Å². The fourth-order valence-corrected chi connectivity index (χ4v) is 3.46. The van der Waals surface area contributed by atoms with Crippen molar-refractivity contribution < 1.29 is 19.1 Å². The monoisotopic (exact) mass is 426 g/mol. The number of urea groups is 1. The van der Waals surface area contributed by atoms with Gasteiger partial charge in [0.1, 0.15) is 0 Å².